The van der Waals surface area contributed by atoms with Gasteiger partial charge in [-0.05, 0) is 23.3 Å². The second-order valence-corrected chi connectivity index (χ2v) is 4.25. The lowest BCUT2D eigenvalue weighted by molar-refractivity contribution is 0.185. The average Bonchev–Trinajstić information content (AvgIpc) is 2.67. The third-order valence-corrected chi connectivity index (χ3v) is 2.75. The maximum atomic E-state index is 5.70. The summed E-state index contributed by atoms with van der Waals surface area (Å²) in [6.07, 6.45) is 1.61. The molecule has 16 heavy (non-hydrogen) atoms. The molecule has 5 heteroatoms. The highest BCUT2D eigenvalue weighted by molar-refractivity contribution is 9.10. The van der Waals surface area contributed by atoms with Crippen LogP contribution in [0.1, 0.15) is 5.56 Å². The van der Waals surface area contributed by atoms with E-state index in [0.717, 1.165) is 21.2 Å². The molecule has 0 aliphatic heterocycles. The fourth-order valence-electron chi connectivity index (χ4n) is 1.53. The van der Waals surface area contributed by atoms with Gasteiger partial charge in [-0.3, -0.25) is 0 Å². The molecule has 0 aliphatic carbocycles. The van der Waals surface area contributed by atoms with Gasteiger partial charge in [0.25, 0.3) is 0 Å². The Morgan fingerprint density at radius 3 is 2.88 bits per heavy atom. The monoisotopic (exact) mass is 282 g/mol. The molecule has 0 unspecified atom stereocenters. The summed E-state index contributed by atoms with van der Waals surface area (Å²) in [5, 5.41) is 3.67. The Morgan fingerprint density at radius 2 is 2.25 bits per heavy atom. The topological polar surface area (TPSA) is 61.3 Å². The first-order chi connectivity index (χ1) is 7.72. The van der Waals surface area contributed by atoms with Crippen molar-refractivity contribution in [3.8, 4) is 11.1 Å². The lowest BCUT2D eigenvalue weighted by Crippen LogP contribution is -1.93. The Balaban J connectivity index is 2.53. The van der Waals surface area contributed by atoms with Gasteiger partial charge in [0.15, 0.2) is 0 Å². The Bertz CT molecular complexity index is 496. The molecule has 84 valence electrons. The number of nitrogens with zero attached hydrogens (tertiary/aromatic N) is 1. The molecule has 0 radical (unpaired) electrons. The van der Waals surface area contributed by atoms with Gasteiger partial charge in [-0.15, -0.1) is 0 Å². The first-order valence-electron chi connectivity index (χ1n) is 4.70. The van der Waals surface area contributed by atoms with Crippen molar-refractivity contribution in [3.05, 3.63) is 34.4 Å². The van der Waals surface area contributed by atoms with E-state index in [2.05, 4.69) is 21.1 Å². The molecule has 0 fully saturated rings. The van der Waals surface area contributed by atoms with E-state index in [-0.39, 0.29) is 0 Å². The predicted molar refractivity (Wildman–Crippen MR) is 64.8 cm³/mol. The van der Waals surface area contributed by atoms with Gasteiger partial charge >= 0.3 is 0 Å². The van der Waals surface area contributed by atoms with Crippen molar-refractivity contribution in [2.45, 2.75) is 6.61 Å². The number of ether oxygens (including phenoxy) is 1. The lowest BCUT2D eigenvalue weighted by Gasteiger charge is -2.07. The van der Waals surface area contributed by atoms with E-state index in [9.17, 15) is 0 Å². The van der Waals surface area contributed by atoms with Crippen molar-refractivity contribution in [3.63, 3.8) is 0 Å². The molecular formula is C11H11BrN2O2. The van der Waals surface area contributed by atoms with E-state index < -0.39 is 0 Å². The summed E-state index contributed by atoms with van der Waals surface area (Å²) in [7, 11) is 1.66. The van der Waals surface area contributed by atoms with Gasteiger partial charge in [-0.25, -0.2) is 0 Å². The number of halogens is 1. The standard InChI is InChI=1S/C11H11BrN2O2/c1-15-6-7-2-3-8(12)4-9(7)10-5-14-16-11(10)13/h2-5H,6,13H2,1H3. The van der Waals surface area contributed by atoms with E-state index in [1.807, 2.05) is 18.2 Å². The van der Waals surface area contributed by atoms with E-state index in [4.69, 9.17) is 15.0 Å². The largest absolute Gasteiger partial charge is 0.380 e. The fourth-order valence-corrected chi connectivity index (χ4v) is 1.89. The molecule has 1 aromatic carbocycles. The van der Waals surface area contributed by atoms with Gasteiger partial charge in [0.2, 0.25) is 5.88 Å². The first-order valence-corrected chi connectivity index (χ1v) is 5.49. The minimum atomic E-state index is 0.315. The highest BCUT2D eigenvalue weighted by Crippen LogP contribution is 2.31. The summed E-state index contributed by atoms with van der Waals surface area (Å²) < 4.78 is 11.0. The van der Waals surface area contributed by atoms with Crippen molar-refractivity contribution < 1.29 is 9.26 Å². The molecule has 0 amide bonds. The maximum absolute atomic E-state index is 5.70. The number of methoxy groups -OCH3 is 1. The zero-order valence-electron chi connectivity index (χ0n) is 8.74. The van der Waals surface area contributed by atoms with Gasteiger partial charge < -0.3 is 15.0 Å². The number of nitrogen functional groups attached to an aromatic ring is 1. The second-order valence-electron chi connectivity index (χ2n) is 3.34. The normalized spacial score (nSPS) is 10.6. The number of hydrogen-bond donors (Lipinski definition) is 1. The van der Waals surface area contributed by atoms with Crippen molar-refractivity contribution in [2.24, 2.45) is 0 Å². The molecule has 0 saturated heterocycles. The number of aromatic nitrogens is 1. The van der Waals surface area contributed by atoms with Crippen molar-refractivity contribution >= 4 is 21.8 Å². The van der Waals surface area contributed by atoms with Gasteiger partial charge in [-0.1, -0.05) is 27.2 Å². The summed E-state index contributed by atoms with van der Waals surface area (Å²) in [6.45, 7) is 0.521. The first kappa shape index (κ1) is 11.2. The van der Waals surface area contributed by atoms with Crippen LogP contribution < -0.4 is 5.73 Å². The molecule has 2 aromatic rings. The van der Waals surface area contributed by atoms with Gasteiger partial charge in [0, 0.05) is 11.6 Å². The molecule has 0 bridgehead atoms. The number of anilines is 1. The summed E-state index contributed by atoms with van der Waals surface area (Å²) >= 11 is 3.42. The van der Waals surface area contributed by atoms with Crippen LogP contribution in [0, 0.1) is 0 Å². The quantitative estimate of drug-likeness (QED) is 0.940. The Morgan fingerprint density at radius 1 is 1.44 bits per heavy atom. The molecule has 1 heterocycles. The average molecular weight is 283 g/mol. The second kappa shape index (κ2) is 4.67. The molecular weight excluding hydrogens is 272 g/mol. The van der Waals surface area contributed by atoms with Crippen LogP contribution >= 0.6 is 15.9 Å². The number of benzene rings is 1. The molecule has 2 N–H and O–H groups in total. The summed E-state index contributed by atoms with van der Waals surface area (Å²) in [5.74, 6) is 0.315. The van der Waals surface area contributed by atoms with Gasteiger partial charge in [0.1, 0.15) is 0 Å². The SMILES string of the molecule is COCc1ccc(Br)cc1-c1cnoc1N. The Labute approximate surface area is 102 Å². The molecule has 0 spiro atoms. The Kier molecular flexibility index (Phi) is 3.26. The maximum Gasteiger partial charge on any atom is 0.229 e. The minimum Gasteiger partial charge on any atom is -0.380 e. The predicted octanol–water partition coefficient (Wildman–Crippen LogP) is 2.83. The van der Waals surface area contributed by atoms with Crippen LogP contribution in [0.15, 0.2) is 33.4 Å². The third kappa shape index (κ3) is 2.10. The fraction of sp³-hybridized carbons (Fsp3) is 0.182. The van der Waals surface area contributed by atoms with E-state index in [1.54, 1.807) is 13.3 Å². The zero-order valence-corrected chi connectivity index (χ0v) is 10.3. The van der Waals surface area contributed by atoms with Crippen molar-refractivity contribution in [1.29, 1.82) is 0 Å². The van der Waals surface area contributed by atoms with Crippen LogP contribution in [0.3, 0.4) is 0 Å². The third-order valence-electron chi connectivity index (χ3n) is 2.26. The van der Waals surface area contributed by atoms with Crippen LogP contribution in [0.25, 0.3) is 11.1 Å². The van der Waals surface area contributed by atoms with E-state index in [0.29, 0.717) is 12.5 Å². The molecule has 0 aliphatic rings. The van der Waals surface area contributed by atoms with E-state index in [1.165, 1.54) is 0 Å². The summed E-state index contributed by atoms with van der Waals surface area (Å²) in [5.41, 5.74) is 8.50. The van der Waals surface area contributed by atoms with Crippen LogP contribution in [-0.2, 0) is 11.3 Å². The summed E-state index contributed by atoms with van der Waals surface area (Å²) in [4.78, 5) is 0. The molecule has 1 aromatic heterocycles. The highest BCUT2D eigenvalue weighted by atomic mass is 79.9. The zero-order chi connectivity index (χ0) is 11.5. The van der Waals surface area contributed by atoms with Gasteiger partial charge in [0.05, 0.1) is 18.4 Å². The van der Waals surface area contributed by atoms with Gasteiger partial charge in [-0.2, -0.15) is 0 Å². The minimum absolute atomic E-state index is 0.315. The number of nitrogens with two attached hydrogens (primary N) is 1. The van der Waals surface area contributed by atoms with Crippen molar-refractivity contribution in [1.82, 2.24) is 5.16 Å². The van der Waals surface area contributed by atoms with Crippen LogP contribution in [-0.4, -0.2) is 12.3 Å². The molecule has 0 saturated carbocycles. The molecule has 4 nitrogen and oxygen atoms in total. The van der Waals surface area contributed by atoms with Crippen LogP contribution in [0.5, 0.6) is 0 Å². The number of hydrogen-bond acceptors (Lipinski definition) is 4. The number of rotatable bonds is 3. The smallest absolute Gasteiger partial charge is 0.229 e. The van der Waals surface area contributed by atoms with Crippen LogP contribution in [0.2, 0.25) is 0 Å². The molecule has 0 atom stereocenters. The Hall–Kier alpha value is -1.33. The van der Waals surface area contributed by atoms with Crippen molar-refractivity contribution in [2.75, 3.05) is 12.8 Å². The lowest BCUT2D eigenvalue weighted by atomic mass is 10.0. The summed E-state index contributed by atoms with van der Waals surface area (Å²) in [6, 6.07) is 5.91. The molecule has 2 rings (SSSR count). The van der Waals surface area contributed by atoms with Crippen LogP contribution in [0.4, 0.5) is 5.88 Å². The van der Waals surface area contributed by atoms with E-state index >= 15 is 0 Å². The highest BCUT2D eigenvalue weighted by Gasteiger charge is 2.12.